The van der Waals surface area contributed by atoms with Crippen LogP contribution in [-0.2, 0) is 9.53 Å². The van der Waals surface area contributed by atoms with E-state index in [0.29, 0.717) is 13.2 Å². The highest BCUT2D eigenvalue weighted by molar-refractivity contribution is 5.85. The number of nitrogens with zero attached hydrogens (tertiary/aromatic N) is 1. The Balaban J connectivity index is 0.00000147. The summed E-state index contributed by atoms with van der Waals surface area (Å²) in [5, 5.41) is 3.17. The number of hydrogen-bond donors (Lipinski definition) is 1. The third kappa shape index (κ3) is 2.97. The SMILES string of the molecule is CC1CN(C(=O)C2CNC2)C(c2ccccc2)CO1.Cl. The molecule has 0 bridgehead atoms. The van der Waals surface area contributed by atoms with Crippen molar-refractivity contribution in [3.05, 3.63) is 35.9 Å². The summed E-state index contributed by atoms with van der Waals surface area (Å²) >= 11 is 0. The highest BCUT2D eigenvalue weighted by Gasteiger charge is 2.36. The number of morpholine rings is 1. The van der Waals surface area contributed by atoms with Crippen LogP contribution in [-0.4, -0.2) is 43.2 Å². The predicted octanol–water partition coefficient (Wildman–Crippen LogP) is 1.62. The van der Waals surface area contributed by atoms with E-state index in [1.54, 1.807) is 0 Å². The van der Waals surface area contributed by atoms with Gasteiger partial charge in [0.05, 0.1) is 24.7 Å². The zero-order valence-corrected chi connectivity index (χ0v) is 12.4. The van der Waals surface area contributed by atoms with Crippen LogP contribution in [0.3, 0.4) is 0 Å². The molecule has 5 heteroatoms. The number of carbonyl (C=O) groups is 1. The molecule has 2 atom stereocenters. The minimum absolute atomic E-state index is 0. The first-order chi connectivity index (χ1) is 9.25. The second-order valence-corrected chi connectivity index (χ2v) is 5.42. The Morgan fingerprint density at radius 1 is 1.30 bits per heavy atom. The molecule has 20 heavy (non-hydrogen) atoms. The number of ether oxygens (including phenoxy) is 1. The van der Waals surface area contributed by atoms with Crippen LogP contribution in [0.4, 0.5) is 0 Å². The molecule has 2 unspecified atom stereocenters. The number of benzene rings is 1. The van der Waals surface area contributed by atoms with Gasteiger partial charge in [0.15, 0.2) is 0 Å². The molecule has 0 saturated carbocycles. The summed E-state index contributed by atoms with van der Waals surface area (Å²) in [5.41, 5.74) is 1.16. The predicted molar refractivity (Wildman–Crippen MR) is 79.9 cm³/mol. The molecule has 0 aliphatic carbocycles. The van der Waals surface area contributed by atoms with Gasteiger partial charge in [-0.25, -0.2) is 0 Å². The lowest BCUT2D eigenvalue weighted by atomic mass is 9.97. The van der Waals surface area contributed by atoms with E-state index in [2.05, 4.69) is 17.4 Å². The summed E-state index contributed by atoms with van der Waals surface area (Å²) in [4.78, 5) is 14.5. The smallest absolute Gasteiger partial charge is 0.228 e. The van der Waals surface area contributed by atoms with Crippen LogP contribution in [0.15, 0.2) is 30.3 Å². The van der Waals surface area contributed by atoms with E-state index in [1.165, 1.54) is 0 Å². The first-order valence-electron chi connectivity index (χ1n) is 6.93. The molecule has 3 rings (SSSR count). The second-order valence-electron chi connectivity index (χ2n) is 5.42. The van der Waals surface area contributed by atoms with Gasteiger partial charge in [-0.3, -0.25) is 4.79 Å². The average molecular weight is 297 g/mol. The van der Waals surface area contributed by atoms with E-state index in [1.807, 2.05) is 30.0 Å². The molecule has 1 N–H and O–H groups in total. The number of nitrogens with one attached hydrogen (secondary N) is 1. The number of rotatable bonds is 2. The molecule has 0 radical (unpaired) electrons. The molecule has 2 saturated heterocycles. The van der Waals surface area contributed by atoms with Crippen LogP contribution in [0, 0.1) is 5.92 Å². The maximum atomic E-state index is 12.5. The van der Waals surface area contributed by atoms with Crippen LogP contribution in [0.5, 0.6) is 0 Å². The van der Waals surface area contributed by atoms with Crippen LogP contribution < -0.4 is 5.32 Å². The zero-order valence-electron chi connectivity index (χ0n) is 11.6. The van der Waals surface area contributed by atoms with E-state index in [4.69, 9.17) is 4.74 Å². The molecule has 1 aromatic carbocycles. The van der Waals surface area contributed by atoms with Gasteiger partial charge in [-0.2, -0.15) is 0 Å². The Morgan fingerprint density at radius 3 is 2.60 bits per heavy atom. The van der Waals surface area contributed by atoms with E-state index >= 15 is 0 Å². The first kappa shape index (κ1) is 15.3. The minimum atomic E-state index is 0. The van der Waals surface area contributed by atoms with Crippen LogP contribution in [0.25, 0.3) is 0 Å². The highest BCUT2D eigenvalue weighted by atomic mass is 35.5. The molecule has 2 aliphatic rings. The zero-order chi connectivity index (χ0) is 13.2. The molecular weight excluding hydrogens is 276 g/mol. The summed E-state index contributed by atoms with van der Waals surface area (Å²) in [6.07, 6.45) is 0.122. The topological polar surface area (TPSA) is 41.6 Å². The molecule has 1 amide bonds. The van der Waals surface area contributed by atoms with Crippen molar-refractivity contribution in [2.45, 2.75) is 19.1 Å². The standard InChI is InChI=1S/C15H20N2O2.ClH/c1-11-9-17(15(18)13-7-16-8-13)14(10-19-11)12-5-3-2-4-6-12;/h2-6,11,13-14,16H,7-10H2,1H3;1H. The van der Waals surface area contributed by atoms with Crippen molar-refractivity contribution >= 4 is 18.3 Å². The van der Waals surface area contributed by atoms with Crippen LogP contribution in [0.2, 0.25) is 0 Å². The number of amides is 1. The van der Waals surface area contributed by atoms with Crippen LogP contribution in [0.1, 0.15) is 18.5 Å². The molecule has 1 aromatic rings. The van der Waals surface area contributed by atoms with Gasteiger partial charge in [0.1, 0.15) is 0 Å². The summed E-state index contributed by atoms with van der Waals surface area (Å²) in [6, 6.07) is 10.2. The molecule has 0 aromatic heterocycles. The fraction of sp³-hybridized carbons (Fsp3) is 0.533. The average Bonchev–Trinajstić information content (AvgIpc) is 2.37. The Kier molecular flexibility index (Phi) is 5.02. The summed E-state index contributed by atoms with van der Waals surface area (Å²) < 4.78 is 5.75. The Labute approximate surface area is 125 Å². The normalized spacial score (nSPS) is 26.6. The van der Waals surface area contributed by atoms with E-state index in [0.717, 1.165) is 18.7 Å². The van der Waals surface area contributed by atoms with Crippen molar-refractivity contribution in [2.75, 3.05) is 26.2 Å². The van der Waals surface area contributed by atoms with Crippen molar-refractivity contribution in [3.8, 4) is 0 Å². The van der Waals surface area contributed by atoms with Gasteiger partial charge in [0.25, 0.3) is 0 Å². The van der Waals surface area contributed by atoms with Gasteiger partial charge in [-0.15, -0.1) is 12.4 Å². The van der Waals surface area contributed by atoms with Gasteiger partial charge in [0.2, 0.25) is 5.91 Å². The maximum absolute atomic E-state index is 12.5. The van der Waals surface area contributed by atoms with Crippen molar-refractivity contribution < 1.29 is 9.53 Å². The Hall–Kier alpha value is -1.10. The Bertz CT molecular complexity index is 450. The second kappa shape index (κ2) is 6.57. The summed E-state index contributed by atoms with van der Waals surface area (Å²) in [6.45, 7) is 4.94. The van der Waals surface area contributed by atoms with E-state index < -0.39 is 0 Å². The summed E-state index contributed by atoms with van der Waals surface area (Å²) in [7, 11) is 0. The van der Waals surface area contributed by atoms with Crippen molar-refractivity contribution in [1.29, 1.82) is 0 Å². The molecule has 4 nitrogen and oxygen atoms in total. The molecule has 2 aliphatic heterocycles. The quantitative estimate of drug-likeness (QED) is 0.902. The molecule has 2 heterocycles. The summed E-state index contributed by atoms with van der Waals surface area (Å²) in [5.74, 6) is 0.416. The fourth-order valence-electron chi connectivity index (χ4n) is 2.70. The molecular formula is C15H21ClN2O2. The molecule has 2 fully saturated rings. The highest BCUT2D eigenvalue weighted by Crippen LogP contribution is 2.28. The van der Waals surface area contributed by atoms with Crippen molar-refractivity contribution in [1.82, 2.24) is 10.2 Å². The first-order valence-corrected chi connectivity index (χ1v) is 6.93. The fourth-order valence-corrected chi connectivity index (χ4v) is 2.70. The third-order valence-corrected chi connectivity index (χ3v) is 3.97. The van der Waals surface area contributed by atoms with Gasteiger partial charge in [0, 0.05) is 19.6 Å². The number of halogens is 1. The minimum Gasteiger partial charge on any atom is -0.374 e. The van der Waals surface area contributed by atoms with Gasteiger partial charge < -0.3 is 15.0 Å². The lowest BCUT2D eigenvalue weighted by molar-refractivity contribution is -0.150. The number of carbonyl (C=O) groups excluding carboxylic acids is 1. The molecule has 110 valence electrons. The molecule has 0 spiro atoms. The van der Waals surface area contributed by atoms with Gasteiger partial charge >= 0.3 is 0 Å². The largest absolute Gasteiger partial charge is 0.374 e. The van der Waals surface area contributed by atoms with Crippen LogP contribution >= 0.6 is 12.4 Å². The number of hydrogen-bond acceptors (Lipinski definition) is 3. The lowest BCUT2D eigenvalue weighted by Gasteiger charge is -2.42. The van der Waals surface area contributed by atoms with E-state index in [-0.39, 0.29) is 36.4 Å². The lowest BCUT2D eigenvalue weighted by Crippen LogP contribution is -2.56. The van der Waals surface area contributed by atoms with Crippen molar-refractivity contribution in [2.24, 2.45) is 5.92 Å². The monoisotopic (exact) mass is 296 g/mol. The van der Waals surface area contributed by atoms with E-state index in [9.17, 15) is 4.79 Å². The van der Waals surface area contributed by atoms with Gasteiger partial charge in [-0.1, -0.05) is 30.3 Å². The van der Waals surface area contributed by atoms with Crippen molar-refractivity contribution in [3.63, 3.8) is 0 Å². The maximum Gasteiger partial charge on any atom is 0.228 e. The third-order valence-electron chi connectivity index (χ3n) is 3.97. The Morgan fingerprint density at radius 2 is 2.00 bits per heavy atom. The van der Waals surface area contributed by atoms with Gasteiger partial charge in [-0.05, 0) is 12.5 Å².